The Kier molecular flexibility index (Phi) is 6.19. The van der Waals surface area contributed by atoms with E-state index < -0.39 is 17.8 Å². The van der Waals surface area contributed by atoms with Gasteiger partial charge in [-0.3, -0.25) is 24.6 Å². The van der Waals surface area contributed by atoms with E-state index in [1.54, 1.807) is 11.1 Å². The normalized spacial score (nSPS) is 21.4. The highest BCUT2D eigenvalue weighted by molar-refractivity contribution is 6.31. The van der Waals surface area contributed by atoms with E-state index in [1.807, 2.05) is 28.8 Å². The van der Waals surface area contributed by atoms with Gasteiger partial charge in [-0.2, -0.15) is 0 Å². The van der Waals surface area contributed by atoms with Gasteiger partial charge in [0.2, 0.25) is 5.91 Å². The van der Waals surface area contributed by atoms with Gasteiger partial charge in [-0.1, -0.05) is 37.5 Å². The second kappa shape index (κ2) is 9.42. The summed E-state index contributed by atoms with van der Waals surface area (Å²) in [6, 6.07) is 6.73. The molecule has 2 aromatic rings. The van der Waals surface area contributed by atoms with Crippen LogP contribution in [0.15, 0.2) is 36.0 Å². The molecule has 0 bridgehead atoms. The lowest BCUT2D eigenvalue weighted by molar-refractivity contribution is -0.136. The Balaban J connectivity index is 1.46. The number of imide groups is 2. The van der Waals surface area contributed by atoms with Crippen molar-refractivity contribution >= 4 is 40.7 Å². The highest BCUT2D eigenvalue weighted by Crippen LogP contribution is 2.28. The number of carbonyl (C=O) groups excluding carboxylic acids is 4. The molecule has 9 heteroatoms. The average Bonchev–Trinajstić information content (AvgIpc) is 3.20. The van der Waals surface area contributed by atoms with Crippen LogP contribution in [0, 0.1) is 0 Å². The number of nitrogens with zero attached hydrogens (tertiary/aromatic N) is 3. The molecule has 0 radical (unpaired) electrons. The van der Waals surface area contributed by atoms with E-state index in [1.165, 1.54) is 11.0 Å². The van der Waals surface area contributed by atoms with Crippen molar-refractivity contribution in [3.8, 4) is 0 Å². The molecule has 1 aliphatic carbocycles. The summed E-state index contributed by atoms with van der Waals surface area (Å²) in [6.45, 7) is 2.34. The summed E-state index contributed by atoms with van der Waals surface area (Å²) in [5, 5.41) is 3.16. The molecule has 1 N–H and O–H groups in total. The van der Waals surface area contributed by atoms with Crippen molar-refractivity contribution in [2.75, 3.05) is 26.3 Å². The lowest BCUT2D eigenvalue weighted by Crippen LogP contribution is -2.58. The van der Waals surface area contributed by atoms with Gasteiger partial charge in [0, 0.05) is 41.8 Å². The third kappa shape index (κ3) is 4.23. The van der Waals surface area contributed by atoms with E-state index in [0.717, 1.165) is 43.0 Å². The van der Waals surface area contributed by atoms with Crippen molar-refractivity contribution in [3.63, 3.8) is 0 Å². The van der Waals surface area contributed by atoms with Gasteiger partial charge < -0.3 is 14.2 Å². The first-order valence-corrected chi connectivity index (χ1v) is 11.9. The van der Waals surface area contributed by atoms with Gasteiger partial charge in [0.15, 0.2) is 0 Å². The SMILES string of the molecule is O=C1NC(=O)N(C2CCCCC2)C(=O)/C1=C/c1cn(CC(=O)N2CCOCC2)c2ccccc12. The zero-order chi connectivity index (χ0) is 23.7. The van der Waals surface area contributed by atoms with Crippen LogP contribution in [0.3, 0.4) is 0 Å². The summed E-state index contributed by atoms with van der Waals surface area (Å²) in [6.07, 6.45) is 7.84. The summed E-state index contributed by atoms with van der Waals surface area (Å²) in [5.74, 6) is -1.26. The Morgan fingerprint density at radius 3 is 2.56 bits per heavy atom. The van der Waals surface area contributed by atoms with Crippen LogP contribution in [0.2, 0.25) is 0 Å². The van der Waals surface area contributed by atoms with E-state index >= 15 is 0 Å². The topological polar surface area (TPSA) is 101 Å². The largest absolute Gasteiger partial charge is 0.378 e. The number of benzene rings is 1. The van der Waals surface area contributed by atoms with Crippen LogP contribution in [0.4, 0.5) is 4.79 Å². The number of amides is 5. The lowest BCUT2D eigenvalue weighted by atomic mass is 9.93. The molecule has 34 heavy (non-hydrogen) atoms. The lowest BCUT2D eigenvalue weighted by Gasteiger charge is -2.35. The average molecular weight is 465 g/mol. The molecule has 5 amide bonds. The molecule has 178 valence electrons. The van der Waals surface area contributed by atoms with Gasteiger partial charge in [0.1, 0.15) is 12.1 Å². The molecule has 3 heterocycles. The number of carbonyl (C=O) groups is 4. The monoisotopic (exact) mass is 464 g/mol. The summed E-state index contributed by atoms with van der Waals surface area (Å²) in [4.78, 5) is 54.2. The standard InChI is InChI=1S/C25H28N4O5/c30-22(27-10-12-34-13-11-27)16-28-15-17(19-8-4-5-9-21(19)28)14-20-23(31)26-25(33)29(24(20)32)18-6-2-1-3-7-18/h4-5,8-9,14-15,18H,1-3,6-7,10-13,16H2,(H,26,31,33)/b20-14+. The number of aromatic nitrogens is 1. The Morgan fingerprint density at radius 2 is 1.79 bits per heavy atom. The van der Waals surface area contributed by atoms with Crippen molar-refractivity contribution in [1.82, 2.24) is 19.7 Å². The van der Waals surface area contributed by atoms with Gasteiger partial charge in [0.05, 0.1) is 13.2 Å². The summed E-state index contributed by atoms with van der Waals surface area (Å²) in [5.41, 5.74) is 1.43. The molecule has 0 unspecified atom stereocenters. The molecule has 3 aliphatic rings. The highest BCUT2D eigenvalue weighted by atomic mass is 16.5. The molecule has 0 spiro atoms. The summed E-state index contributed by atoms with van der Waals surface area (Å²) < 4.78 is 7.17. The van der Waals surface area contributed by atoms with E-state index in [0.29, 0.717) is 31.9 Å². The number of barbiturate groups is 1. The predicted octanol–water partition coefficient (Wildman–Crippen LogP) is 2.29. The van der Waals surface area contributed by atoms with Gasteiger partial charge in [0.25, 0.3) is 11.8 Å². The van der Waals surface area contributed by atoms with Crippen molar-refractivity contribution in [2.45, 2.75) is 44.7 Å². The number of rotatable bonds is 4. The molecule has 1 saturated carbocycles. The fraction of sp³-hybridized carbons (Fsp3) is 0.440. The maximum Gasteiger partial charge on any atom is 0.331 e. The van der Waals surface area contributed by atoms with Crippen LogP contribution in [-0.2, 0) is 25.7 Å². The number of morpholine rings is 1. The number of hydrogen-bond acceptors (Lipinski definition) is 5. The third-order valence-corrected chi connectivity index (χ3v) is 6.86. The van der Waals surface area contributed by atoms with Gasteiger partial charge in [-0.25, -0.2) is 4.79 Å². The van der Waals surface area contributed by atoms with Crippen LogP contribution < -0.4 is 5.32 Å². The number of nitrogens with one attached hydrogen (secondary N) is 1. The van der Waals surface area contributed by atoms with Gasteiger partial charge >= 0.3 is 6.03 Å². The quantitative estimate of drug-likeness (QED) is 0.553. The maximum atomic E-state index is 13.3. The zero-order valence-electron chi connectivity index (χ0n) is 19.0. The molecule has 2 saturated heterocycles. The van der Waals surface area contributed by atoms with E-state index in [4.69, 9.17) is 4.74 Å². The minimum absolute atomic E-state index is 0.0104. The molecule has 5 rings (SSSR count). The van der Waals surface area contributed by atoms with Gasteiger partial charge in [-0.05, 0) is 25.0 Å². The summed E-state index contributed by atoms with van der Waals surface area (Å²) in [7, 11) is 0. The minimum atomic E-state index is -0.691. The van der Waals surface area contributed by atoms with Gasteiger partial charge in [-0.15, -0.1) is 0 Å². The summed E-state index contributed by atoms with van der Waals surface area (Å²) >= 11 is 0. The van der Waals surface area contributed by atoms with Crippen LogP contribution in [0.25, 0.3) is 17.0 Å². The number of fused-ring (bicyclic) bond motifs is 1. The molecule has 9 nitrogen and oxygen atoms in total. The second-order valence-electron chi connectivity index (χ2n) is 9.01. The fourth-order valence-electron chi connectivity index (χ4n) is 5.08. The Morgan fingerprint density at radius 1 is 1.06 bits per heavy atom. The smallest absolute Gasteiger partial charge is 0.331 e. The second-order valence-corrected chi connectivity index (χ2v) is 9.01. The number of para-hydroxylation sites is 1. The van der Waals surface area contributed by atoms with Crippen LogP contribution in [-0.4, -0.2) is 70.5 Å². The zero-order valence-corrected chi connectivity index (χ0v) is 19.0. The van der Waals surface area contributed by atoms with Crippen molar-refractivity contribution in [2.24, 2.45) is 0 Å². The maximum absolute atomic E-state index is 13.3. The minimum Gasteiger partial charge on any atom is -0.378 e. The van der Waals surface area contributed by atoms with Crippen molar-refractivity contribution in [1.29, 1.82) is 0 Å². The Hall–Kier alpha value is -3.46. The van der Waals surface area contributed by atoms with Crippen LogP contribution >= 0.6 is 0 Å². The molecule has 1 aromatic carbocycles. The molecular formula is C25H28N4O5. The number of hydrogen-bond donors (Lipinski definition) is 1. The van der Waals surface area contributed by atoms with Crippen LogP contribution in [0.1, 0.15) is 37.7 Å². The number of urea groups is 1. The fourth-order valence-corrected chi connectivity index (χ4v) is 5.08. The van der Waals surface area contributed by atoms with Crippen molar-refractivity contribution in [3.05, 3.63) is 41.6 Å². The van der Waals surface area contributed by atoms with Crippen LogP contribution in [0.5, 0.6) is 0 Å². The van der Waals surface area contributed by atoms with E-state index in [-0.39, 0.29) is 24.1 Å². The molecule has 0 atom stereocenters. The first-order chi connectivity index (χ1) is 16.5. The first kappa shape index (κ1) is 22.3. The first-order valence-electron chi connectivity index (χ1n) is 11.9. The molecule has 2 aliphatic heterocycles. The highest BCUT2D eigenvalue weighted by Gasteiger charge is 2.40. The third-order valence-electron chi connectivity index (χ3n) is 6.86. The van der Waals surface area contributed by atoms with E-state index in [9.17, 15) is 19.2 Å². The predicted molar refractivity (Wildman–Crippen MR) is 125 cm³/mol. The number of ether oxygens (including phenoxy) is 1. The molecule has 1 aromatic heterocycles. The molecule has 3 fully saturated rings. The Bertz CT molecular complexity index is 1170. The Labute approximate surface area is 197 Å². The van der Waals surface area contributed by atoms with Crippen molar-refractivity contribution < 1.29 is 23.9 Å². The molecular weight excluding hydrogens is 436 g/mol. The van der Waals surface area contributed by atoms with E-state index in [2.05, 4.69) is 5.32 Å².